The summed E-state index contributed by atoms with van der Waals surface area (Å²) in [4.78, 5) is 0. The van der Waals surface area contributed by atoms with Gasteiger partial charge in [0.15, 0.2) is 0 Å². The second kappa shape index (κ2) is 3.66. The number of nitrogens with one attached hydrogen (secondary N) is 1. The van der Waals surface area contributed by atoms with Crippen molar-refractivity contribution in [3.63, 3.8) is 0 Å². The quantitative estimate of drug-likeness (QED) is 0.734. The summed E-state index contributed by atoms with van der Waals surface area (Å²) in [6, 6.07) is 6.78. The molecule has 2 unspecified atom stereocenters. The molecule has 2 aliphatic rings. The Balaban J connectivity index is 1.99. The second-order valence-electron chi connectivity index (χ2n) is 6.12. The van der Waals surface area contributed by atoms with Crippen LogP contribution >= 0.6 is 0 Å². The lowest BCUT2D eigenvalue weighted by Crippen LogP contribution is -2.52. The van der Waals surface area contributed by atoms with E-state index in [-0.39, 0.29) is 5.41 Å². The van der Waals surface area contributed by atoms with Gasteiger partial charge in [0, 0.05) is 5.41 Å². The molecule has 0 bridgehead atoms. The third-order valence-electron chi connectivity index (χ3n) is 4.29. The highest BCUT2D eigenvalue weighted by atomic mass is 16.5. The van der Waals surface area contributed by atoms with Gasteiger partial charge in [-0.15, -0.1) is 0 Å². The number of hydrogen-bond acceptors (Lipinski definition) is 2. The number of hydrogen-bond donors (Lipinski definition) is 1. The van der Waals surface area contributed by atoms with Crippen LogP contribution in [0, 0.1) is 12.3 Å². The molecule has 1 heterocycles. The molecular formula is C15H21NO. The van der Waals surface area contributed by atoms with E-state index < -0.39 is 0 Å². The summed E-state index contributed by atoms with van der Waals surface area (Å²) in [5.74, 6) is 1.03. The maximum absolute atomic E-state index is 6.27. The normalized spacial score (nSPS) is 29.6. The minimum absolute atomic E-state index is 0.275. The lowest BCUT2D eigenvalue weighted by atomic mass is 9.72. The van der Waals surface area contributed by atoms with Crippen molar-refractivity contribution < 1.29 is 4.74 Å². The molecule has 0 radical (unpaired) electrons. The van der Waals surface area contributed by atoms with Crippen LogP contribution in [0.4, 0.5) is 5.69 Å². The molecule has 17 heavy (non-hydrogen) atoms. The number of fused-ring (bicyclic) bond motifs is 2. The third-order valence-corrected chi connectivity index (χ3v) is 4.29. The summed E-state index contributed by atoms with van der Waals surface area (Å²) in [6.07, 6.45) is 4.09. The first-order valence-corrected chi connectivity index (χ1v) is 6.61. The predicted molar refractivity (Wildman–Crippen MR) is 70.6 cm³/mol. The van der Waals surface area contributed by atoms with Crippen LogP contribution in [0.5, 0.6) is 5.75 Å². The molecule has 2 nitrogen and oxygen atoms in total. The van der Waals surface area contributed by atoms with Crippen LogP contribution in [0.15, 0.2) is 18.2 Å². The van der Waals surface area contributed by atoms with Crippen molar-refractivity contribution in [1.82, 2.24) is 0 Å². The summed E-state index contributed by atoms with van der Waals surface area (Å²) < 4.78 is 6.27. The Labute approximate surface area is 103 Å². The average Bonchev–Trinajstić information content (AvgIpc) is 2.28. The Hall–Kier alpha value is -1.18. The molecule has 1 fully saturated rings. The fraction of sp³-hybridized carbons (Fsp3) is 0.600. The summed E-state index contributed by atoms with van der Waals surface area (Å²) in [5.41, 5.74) is 2.76. The smallest absolute Gasteiger partial charge is 0.143 e. The van der Waals surface area contributed by atoms with Crippen molar-refractivity contribution >= 4 is 5.69 Å². The molecule has 0 saturated heterocycles. The van der Waals surface area contributed by atoms with E-state index in [1.54, 1.807) is 0 Å². The Kier molecular flexibility index (Phi) is 2.35. The molecular weight excluding hydrogens is 210 g/mol. The van der Waals surface area contributed by atoms with Gasteiger partial charge in [0.2, 0.25) is 0 Å². The Morgan fingerprint density at radius 1 is 1.35 bits per heavy atom. The second-order valence-corrected chi connectivity index (χ2v) is 6.12. The SMILES string of the molecule is Cc1cccc2c1NC1CCCC(C)(C)C1O2. The minimum Gasteiger partial charge on any atom is -0.486 e. The van der Waals surface area contributed by atoms with E-state index in [0.717, 1.165) is 5.75 Å². The summed E-state index contributed by atoms with van der Waals surface area (Å²) in [7, 11) is 0. The molecule has 0 amide bonds. The van der Waals surface area contributed by atoms with Crippen molar-refractivity contribution in [2.24, 2.45) is 5.41 Å². The molecule has 0 spiro atoms. The van der Waals surface area contributed by atoms with Crippen molar-refractivity contribution in [2.75, 3.05) is 5.32 Å². The highest BCUT2D eigenvalue weighted by Crippen LogP contribution is 2.44. The number of benzene rings is 1. The highest BCUT2D eigenvalue weighted by molar-refractivity contribution is 5.64. The Morgan fingerprint density at radius 3 is 3.00 bits per heavy atom. The van der Waals surface area contributed by atoms with Crippen molar-refractivity contribution in [3.8, 4) is 5.75 Å². The molecule has 2 heteroatoms. The minimum atomic E-state index is 0.275. The van der Waals surface area contributed by atoms with Gasteiger partial charge in [0.25, 0.3) is 0 Å². The molecule has 1 aromatic carbocycles. The maximum Gasteiger partial charge on any atom is 0.143 e. The molecule has 3 rings (SSSR count). The van der Waals surface area contributed by atoms with E-state index in [0.29, 0.717) is 12.1 Å². The number of para-hydroxylation sites is 1. The fourth-order valence-electron chi connectivity index (χ4n) is 3.25. The van der Waals surface area contributed by atoms with E-state index >= 15 is 0 Å². The molecule has 1 N–H and O–H groups in total. The third kappa shape index (κ3) is 1.70. The van der Waals surface area contributed by atoms with Crippen LogP contribution in [-0.4, -0.2) is 12.1 Å². The average molecular weight is 231 g/mol. The molecule has 2 atom stereocenters. The van der Waals surface area contributed by atoms with E-state index in [2.05, 4.69) is 44.3 Å². The van der Waals surface area contributed by atoms with Gasteiger partial charge in [-0.2, -0.15) is 0 Å². The van der Waals surface area contributed by atoms with E-state index in [1.165, 1.54) is 30.5 Å². The number of aryl methyl sites for hydroxylation is 1. The zero-order valence-corrected chi connectivity index (χ0v) is 10.9. The first-order valence-electron chi connectivity index (χ1n) is 6.61. The van der Waals surface area contributed by atoms with Gasteiger partial charge in [-0.3, -0.25) is 0 Å². The fourth-order valence-corrected chi connectivity index (χ4v) is 3.25. The Morgan fingerprint density at radius 2 is 2.18 bits per heavy atom. The molecule has 1 aliphatic carbocycles. The maximum atomic E-state index is 6.27. The molecule has 92 valence electrons. The lowest BCUT2D eigenvalue weighted by Gasteiger charge is -2.47. The van der Waals surface area contributed by atoms with E-state index in [4.69, 9.17) is 4.74 Å². The van der Waals surface area contributed by atoms with Crippen molar-refractivity contribution in [3.05, 3.63) is 23.8 Å². The molecule has 1 saturated carbocycles. The van der Waals surface area contributed by atoms with Gasteiger partial charge in [0.1, 0.15) is 11.9 Å². The first-order chi connectivity index (χ1) is 8.08. The van der Waals surface area contributed by atoms with E-state index in [9.17, 15) is 0 Å². The number of rotatable bonds is 0. The van der Waals surface area contributed by atoms with Crippen LogP contribution in [0.2, 0.25) is 0 Å². The van der Waals surface area contributed by atoms with Crippen molar-refractivity contribution in [2.45, 2.75) is 52.2 Å². The largest absolute Gasteiger partial charge is 0.486 e. The van der Waals surface area contributed by atoms with Crippen LogP contribution in [-0.2, 0) is 0 Å². The zero-order valence-electron chi connectivity index (χ0n) is 10.9. The van der Waals surface area contributed by atoms with Gasteiger partial charge in [-0.05, 0) is 31.4 Å². The zero-order chi connectivity index (χ0) is 12.0. The molecule has 0 aromatic heterocycles. The standard InChI is InChI=1S/C15H21NO/c1-10-6-4-8-12-13(10)16-11-7-5-9-15(2,3)14(11)17-12/h4,6,8,11,14,16H,5,7,9H2,1-3H3. The predicted octanol–water partition coefficient (Wildman–Crippen LogP) is 3.75. The summed E-state index contributed by atoms with van der Waals surface area (Å²) in [6.45, 7) is 6.79. The Bertz CT molecular complexity index is 439. The number of ether oxygens (including phenoxy) is 1. The monoisotopic (exact) mass is 231 g/mol. The topological polar surface area (TPSA) is 21.3 Å². The van der Waals surface area contributed by atoms with Gasteiger partial charge >= 0.3 is 0 Å². The van der Waals surface area contributed by atoms with Gasteiger partial charge in [0.05, 0.1) is 11.7 Å². The number of anilines is 1. The summed E-state index contributed by atoms with van der Waals surface area (Å²) in [5, 5.41) is 3.70. The van der Waals surface area contributed by atoms with Crippen LogP contribution in [0.3, 0.4) is 0 Å². The van der Waals surface area contributed by atoms with Crippen LogP contribution < -0.4 is 10.1 Å². The van der Waals surface area contributed by atoms with Crippen LogP contribution in [0.1, 0.15) is 38.7 Å². The molecule has 1 aromatic rings. The first kappa shape index (κ1) is 10.9. The van der Waals surface area contributed by atoms with Gasteiger partial charge < -0.3 is 10.1 Å². The van der Waals surface area contributed by atoms with Gasteiger partial charge in [-0.25, -0.2) is 0 Å². The highest BCUT2D eigenvalue weighted by Gasteiger charge is 2.43. The summed E-state index contributed by atoms with van der Waals surface area (Å²) >= 11 is 0. The van der Waals surface area contributed by atoms with Crippen molar-refractivity contribution in [1.29, 1.82) is 0 Å². The van der Waals surface area contributed by atoms with Crippen LogP contribution in [0.25, 0.3) is 0 Å². The molecule has 1 aliphatic heterocycles. The van der Waals surface area contributed by atoms with E-state index in [1.807, 2.05) is 0 Å². The lowest BCUT2D eigenvalue weighted by molar-refractivity contribution is 0.0175. The van der Waals surface area contributed by atoms with Gasteiger partial charge in [-0.1, -0.05) is 32.4 Å².